The molecule has 6 N–H and O–H groups in total. The fourth-order valence-corrected chi connectivity index (χ4v) is 3.88. The van der Waals surface area contributed by atoms with E-state index in [0.29, 0.717) is 11.2 Å². The third-order valence-electron chi connectivity index (χ3n) is 4.39. The number of imidazole rings is 1. The maximum atomic E-state index is 10.4. The molecule has 1 fully saturated rings. The van der Waals surface area contributed by atoms with Crippen LogP contribution in [0.25, 0.3) is 11.2 Å². The fourth-order valence-electron chi connectivity index (χ4n) is 2.96. The number of nitrogen functional groups attached to an aromatic ring is 1. The second kappa shape index (κ2) is 7.43. The average Bonchev–Trinajstić information content (AvgIpc) is 3.23. The van der Waals surface area contributed by atoms with Crippen molar-refractivity contribution in [2.45, 2.75) is 24.5 Å². The van der Waals surface area contributed by atoms with Crippen LogP contribution in [0.1, 0.15) is 6.23 Å². The predicted octanol–water partition coefficient (Wildman–Crippen LogP) is -0.360. The minimum atomic E-state index is -1.35. The van der Waals surface area contributed by atoms with Crippen molar-refractivity contribution in [3.63, 3.8) is 0 Å². The molecule has 0 saturated carbocycles. The Hall–Kier alpha value is -2.20. The van der Waals surface area contributed by atoms with E-state index in [-0.39, 0.29) is 12.4 Å². The molecule has 27 heavy (non-hydrogen) atoms. The molecule has 4 rings (SSSR count). The Morgan fingerprint density at radius 2 is 1.93 bits per heavy atom. The lowest BCUT2D eigenvalue weighted by atomic mass is 10.1. The number of aliphatic hydroxyl groups excluding tert-OH is 2. The molecule has 1 aliphatic heterocycles. The molecule has 1 unspecified atom stereocenters. The van der Waals surface area contributed by atoms with E-state index in [1.807, 2.05) is 30.3 Å². The molecule has 0 aliphatic carbocycles. The van der Waals surface area contributed by atoms with Gasteiger partial charge in [0.25, 0.3) is 0 Å². The molecule has 2 aromatic heterocycles. The van der Waals surface area contributed by atoms with E-state index in [9.17, 15) is 10.2 Å². The molecule has 3 aromatic rings. The number of benzene rings is 1. The van der Waals surface area contributed by atoms with Crippen molar-refractivity contribution in [2.75, 3.05) is 12.3 Å². The molecule has 0 spiro atoms. The van der Waals surface area contributed by atoms with E-state index < -0.39 is 32.8 Å². The van der Waals surface area contributed by atoms with Gasteiger partial charge in [-0.1, -0.05) is 30.3 Å². The Morgan fingerprint density at radius 1 is 1.15 bits per heavy atom. The number of aliphatic hydroxyl groups is 2. The van der Waals surface area contributed by atoms with Crippen LogP contribution < -0.4 is 16.5 Å². The quantitative estimate of drug-likeness (QED) is 0.427. The fraction of sp³-hybridized carbons (Fsp3) is 0.312. The van der Waals surface area contributed by atoms with Gasteiger partial charge in [-0.05, 0) is 0 Å². The Labute approximate surface area is 155 Å². The van der Waals surface area contributed by atoms with E-state index in [1.54, 1.807) is 0 Å². The van der Waals surface area contributed by atoms with Crippen molar-refractivity contribution < 1.29 is 19.5 Å². The molecule has 3 heterocycles. The number of aromatic nitrogens is 4. The summed E-state index contributed by atoms with van der Waals surface area (Å²) in [5.74, 6) is 0.225. The number of nitrogens with two attached hydrogens (primary N) is 2. The van der Waals surface area contributed by atoms with Crippen LogP contribution in [0.2, 0.25) is 0 Å². The summed E-state index contributed by atoms with van der Waals surface area (Å²) in [7, 11) is -1.35. The standard InChI is InChI=1S/C16H19N6O4P/c17-14-11-15(20-7-19-14)22(8-21-11)16-13(24)12(23)10(26-16)6-25-27(18)9-4-2-1-3-5-9/h1-5,7-8,10,12-13,16,23-24H,6,18H2,(H2,17,19,20)/t10-,12-,13-,16-,27?/m1/s1. The van der Waals surface area contributed by atoms with E-state index in [1.165, 1.54) is 17.2 Å². The van der Waals surface area contributed by atoms with Crippen LogP contribution in [0.5, 0.6) is 0 Å². The first kappa shape index (κ1) is 18.2. The number of ether oxygens (including phenoxy) is 1. The van der Waals surface area contributed by atoms with Crippen molar-refractivity contribution in [3.05, 3.63) is 43.0 Å². The van der Waals surface area contributed by atoms with Crippen LogP contribution in [0, 0.1) is 0 Å². The zero-order valence-corrected chi connectivity index (χ0v) is 15.1. The zero-order chi connectivity index (χ0) is 19.0. The van der Waals surface area contributed by atoms with Crippen LogP contribution in [0.3, 0.4) is 0 Å². The topological polar surface area (TPSA) is 155 Å². The van der Waals surface area contributed by atoms with Crippen molar-refractivity contribution in [3.8, 4) is 0 Å². The van der Waals surface area contributed by atoms with Crippen molar-refractivity contribution in [1.82, 2.24) is 19.5 Å². The van der Waals surface area contributed by atoms with E-state index in [4.69, 9.17) is 20.5 Å². The first-order valence-electron chi connectivity index (χ1n) is 8.23. The summed E-state index contributed by atoms with van der Waals surface area (Å²) in [4.78, 5) is 12.2. The lowest BCUT2D eigenvalue weighted by molar-refractivity contribution is -0.0461. The van der Waals surface area contributed by atoms with E-state index in [0.717, 1.165) is 5.30 Å². The average molecular weight is 390 g/mol. The van der Waals surface area contributed by atoms with Gasteiger partial charge in [-0.15, -0.1) is 0 Å². The SMILES string of the molecule is Nc1ncnc2c1ncn2[C@@H]1O[C@H](COP(N)c2ccccc2)[C@@H](O)[C@H]1O. The second-order valence-corrected chi connectivity index (χ2v) is 7.51. The number of hydrogen-bond donors (Lipinski definition) is 4. The highest BCUT2D eigenvalue weighted by Gasteiger charge is 2.44. The van der Waals surface area contributed by atoms with Crippen LogP contribution in [-0.2, 0) is 9.26 Å². The van der Waals surface area contributed by atoms with Gasteiger partial charge in [-0.2, -0.15) is 0 Å². The summed E-state index contributed by atoms with van der Waals surface area (Å²) in [6.07, 6.45) is -1.22. The first-order valence-corrected chi connectivity index (χ1v) is 9.56. The van der Waals surface area contributed by atoms with Crippen molar-refractivity contribution in [1.29, 1.82) is 0 Å². The molecule has 11 heteroatoms. The molecule has 1 aromatic carbocycles. The minimum Gasteiger partial charge on any atom is -0.387 e. The minimum absolute atomic E-state index is 0.0373. The molecule has 142 valence electrons. The monoisotopic (exact) mass is 390 g/mol. The number of rotatable bonds is 5. The summed E-state index contributed by atoms with van der Waals surface area (Å²) in [6, 6.07) is 9.38. The highest BCUT2D eigenvalue weighted by molar-refractivity contribution is 7.58. The Balaban J connectivity index is 1.48. The smallest absolute Gasteiger partial charge is 0.167 e. The summed E-state index contributed by atoms with van der Waals surface area (Å²) in [5, 5.41) is 21.7. The summed E-state index contributed by atoms with van der Waals surface area (Å²) < 4.78 is 13.0. The molecular weight excluding hydrogens is 371 g/mol. The van der Waals surface area contributed by atoms with Crippen LogP contribution in [-0.4, -0.2) is 54.7 Å². The Morgan fingerprint density at radius 3 is 2.70 bits per heavy atom. The summed E-state index contributed by atoms with van der Waals surface area (Å²) in [5.41, 5.74) is 12.7. The van der Waals surface area contributed by atoms with Gasteiger partial charge in [0, 0.05) is 5.30 Å². The Kier molecular flexibility index (Phi) is 5.00. The second-order valence-electron chi connectivity index (χ2n) is 6.09. The number of hydrogen-bond acceptors (Lipinski definition) is 9. The summed E-state index contributed by atoms with van der Waals surface area (Å²) in [6.45, 7) is 0.0373. The lowest BCUT2D eigenvalue weighted by Crippen LogP contribution is -2.34. The molecule has 10 nitrogen and oxygen atoms in total. The maximum Gasteiger partial charge on any atom is 0.167 e. The molecular formula is C16H19N6O4P. The number of anilines is 1. The zero-order valence-electron chi connectivity index (χ0n) is 14.2. The van der Waals surface area contributed by atoms with Gasteiger partial charge in [0.1, 0.15) is 38.5 Å². The van der Waals surface area contributed by atoms with E-state index >= 15 is 0 Å². The molecule has 5 atom stereocenters. The van der Waals surface area contributed by atoms with E-state index in [2.05, 4.69) is 15.0 Å². The lowest BCUT2D eigenvalue weighted by Gasteiger charge is -2.18. The van der Waals surface area contributed by atoms with Gasteiger partial charge in [0.2, 0.25) is 0 Å². The van der Waals surface area contributed by atoms with Gasteiger partial charge in [0.05, 0.1) is 12.9 Å². The maximum absolute atomic E-state index is 10.4. The van der Waals surface area contributed by atoms with Crippen molar-refractivity contribution in [2.24, 2.45) is 5.50 Å². The summed E-state index contributed by atoms with van der Waals surface area (Å²) >= 11 is 0. The van der Waals surface area contributed by atoms with Crippen LogP contribution in [0.15, 0.2) is 43.0 Å². The van der Waals surface area contributed by atoms with Gasteiger partial charge < -0.3 is 25.2 Å². The van der Waals surface area contributed by atoms with Gasteiger partial charge in [0.15, 0.2) is 17.7 Å². The molecule has 0 bridgehead atoms. The molecule has 1 saturated heterocycles. The first-order chi connectivity index (χ1) is 13.1. The highest BCUT2D eigenvalue weighted by atomic mass is 31.2. The predicted molar refractivity (Wildman–Crippen MR) is 98.8 cm³/mol. The number of nitrogens with zero attached hydrogens (tertiary/aromatic N) is 4. The largest absolute Gasteiger partial charge is 0.387 e. The van der Waals surface area contributed by atoms with Gasteiger partial charge >= 0.3 is 0 Å². The molecule has 0 amide bonds. The molecule has 1 aliphatic rings. The molecule has 0 radical (unpaired) electrons. The normalized spacial score (nSPS) is 26.5. The number of fused-ring (bicyclic) bond motifs is 1. The highest BCUT2D eigenvalue weighted by Crippen LogP contribution is 2.34. The van der Waals surface area contributed by atoms with Crippen molar-refractivity contribution >= 4 is 30.6 Å². The third kappa shape index (κ3) is 3.39. The van der Waals surface area contributed by atoms with Gasteiger partial charge in [-0.25, -0.2) is 15.0 Å². The Bertz CT molecular complexity index is 926. The van der Waals surface area contributed by atoms with Crippen LogP contribution >= 0.6 is 8.30 Å². The third-order valence-corrected chi connectivity index (χ3v) is 5.62. The van der Waals surface area contributed by atoms with Crippen LogP contribution in [0.4, 0.5) is 5.82 Å². The van der Waals surface area contributed by atoms with Gasteiger partial charge in [-0.3, -0.25) is 10.1 Å².